The summed E-state index contributed by atoms with van der Waals surface area (Å²) in [5.74, 6) is -0.304. The molecule has 0 aromatic carbocycles. The minimum atomic E-state index is -4.46. The highest BCUT2D eigenvalue weighted by molar-refractivity contribution is 7.13. The molecular weight excluding hydrogens is 393 g/mol. The van der Waals surface area contributed by atoms with Crippen LogP contribution in [0, 0.1) is 0 Å². The van der Waals surface area contributed by atoms with Gasteiger partial charge in [-0.3, -0.25) is 9.48 Å². The summed E-state index contributed by atoms with van der Waals surface area (Å²) in [6.45, 7) is 0.548. The molecule has 10 heteroatoms. The molecule has 146 valence electrons. The lowest BCUT2D eigenvalue weighted by atomic mass is 10.1. The first kappa shape index (κ1) is 18.5. The molecule has 0 bridgehead atoms. The maximum atomic E-state index is 12.8. The van der Waals surface area contributed by atoms with Gasteiger partial charge < -0.3 is 9.64 Å². The van der Waals surface area contributed by atoms with E-state index in [1.807, 2.05) is 17.5 Å². The van der Waals surface area contributed by atoms with E-state index < -0.39 is 17.8 Å². The summed E-state index contributed by atoms with van der Waals surface area (Å²) in [5.41, 5.74) is 0.349. The molecule has 3 aromatic heterocycles. The maximum absolute atomic E-state index is 12.8. The predicted molar refractivity (Wildman–Crippen MR) is 96.1 cm³/mol. The third-order valence-electron chi connectivity index (χ3n) is 4.36. The molecule has 1 amide bonds. The van der Waals surface area contributed by atoms with Crippen LogP contribution in [0.4, 0.5) is 13.2 Å². The van der Waals surface area contributed by atoms with Crippen LogP contribution in [0.2, 0.25) is 0 Å². The average molecular weight is 408 g/mol. The SMILES string of the molecule is Cn1nc(-c2cccs2)cc1C(=O)N1CC(Oc2cc(C(F)(F)F)ccn2)C1. The Morgan fingerprint density at radius 2 is 2.07 bits per heavy atom. The van der Waals surface area contributed by atoms with Crippen molar-refractivity contribution >= 4 is 17.2 Å². The van der Waals surface area contributed by atoms with Crippen LogP contribution in [0.25, 0.3) is 10.6 Å². The first-order valence-corrected chi connectivity index (χ1v) is 9.26. The van der Waals surface area contributed by atoms with Crippen LogP contribution in [-0.4, -0.2) is 44.8 Å². The standard InChI is InChI=1S/C18H15F3N4O2S/c1-24-14(8-13(23-24)15-3-2-6-28-15)17(26)25-9-12(10-25)27-16-7-11(4-5-22-16)18(19,20)21/h2-8,12H,9-10H2,1H3. The number of likely N-dealkylation sites (tertiary alicyclic amines) is 1. The van der Waals surface area contributed by atoms with Gasteiger partial charge in [-0.1, -0.05) is 6.07 Å². The van der Waals surface area contributed by atoms with Crippen molar-refractivity contribution in [1.82, 2.24) is 19.7 Å². The summed E-state index contributed by atoms with van der Waals surface area (Å²) in [7, 11) is 1.70. The van der Waals surface area contributed by atoms with Gasteiger partial charge in [-0.25, -0.2) is 4.98 Å². The second kappa shape index (κ2) is 6.93. The van der Waals surface area contributed by atoms with E-state index in [4.69, 9.17) is 4.74 Å². The van der Waals surface area contributed by atoms with Crippen molar-refractivity contribution in [1.29, 1.82) is 0 Å². The fraction of sp³-hybridized carbons (Fsp3) is 0.278. The maximum Gasteiger partial charge on any atom is 0.416 e. The summed E-state index contributed by atoms with van der Waals surface area (Å²) >= 11 is 1.53. The van der Waals surface area contributed by atoms with Gasteiger partial charge in [0, 0.05) is 19.3 Å². The molecule has 0 radical (unpaired) electrons. The fourth-order valence-electron chi connectivity index (χ4n) is 2.87. The molecular formula is C18H15F3N4O2S. The molecule has 0 saturated carbocycles. The number of halogens is 3. The van der Waals surface area contributed by atoms with Crippen molar-refractivity contribution in [2.75, 3.05) is 13.1 Å². The largest absolute Gasteiger partial charge is 0.471 e. The normalized spacial score (nSPS) is 14.8. The number of pyridine rings is 1. The number of carbonyl (C=O) groups is 1. The molecule has 0 N–H and O–H groups in total. The topological polar surface area (TPSA) is 60.2 Å². The summed E-state index contributed by atoms with van der Waals surface area (Å²) in [4.78, 5) is 19.0. The lowest BCUT2D eigenvalue weighted by Gasteiger charge is -2.38. The molecule has 1 fully saturated rings. The van der Waals surface area contributed by atoms with Crippen LogP contribution in [0.1, 0.15) is 16.1 Å². The van der Waals surface area contributed by atoms with Crippen molar-refractivity contribution in [2.45, 2.75) is 12.3 Å². The second-order valence-corrected chi connectivity index (χ2v) is 7.29. The van der Waals surface area contributed by atoms with Crippen LogP contribution in [0.15, 0.2) is 41.9 Å². The average Bonchev–Trinajstić information content (AvgIpc) is 3.26. The smallest absolute Gasteiger partial charge is 0.416 e. The fourth-order valence-corrected chi connectivity index (χ4v) is 3.55. The predicted octanol–water partition coefficient (Wildman–Crippen LogP) is 3.47. The molecule has 4 heterocycles. The highest BCUT2D eigenvalue weighted by Gasteiger charge is 2.35. The Morgan fingerprint density at radius 1 is 1.29 bits per heavy atom. The molecule has 1 aliphatic heterocycles. The zero-order valence-electron chi connectivity index (χ0n) is 14.7. The quantitative estimate of drug-likeness (QED) is 0.663. The molecule has 1 aliphatic rings. The number of nitrogens with zero attached hydrogens (tertiary/aromatic N) is 4. The summed E-state index contributed by atoms with van der Waals surface area (Å²) < 4.78 is 45.3. The van der Waals surface area contributed by atoms with E-state index in [0.29, 0.717) is 5.69 Å². The Morgan fingerprint density at radius 3 is 2.75 bits per heavy atom. The Bertz CT molecular complexity index is 995. The number of aryl methyl sites for hydroxylation is 1. The Kier molecular flexibility index (Phi) is 4.58. The zero-order chi connectivity index (χ0) is 19.9. The number of carbonyl (C=O) groups excluding carboxylic acids is 1. The Balaban J connectivity index is 1.39. The van der Waals surface area contributed by atoms with Gasteiger partial charge in [0.15, 0.2) is 0 Å². The minimum Gasteiger partial charge on any atom is -0.471 e. The second-order valence-electron chi connectivity index (χ2n) is 6.35. The number of hydrogen-bond donors (Lipinski definition) is 0. The molecule has 1 saturated heterocycles. The lowest BCUT2D eigenvalue weighted by molar-refractivity contribution is -0.137. The Hall–Kier alpha value is -2.88. The van der Waals surface area contributed by atoms with Gasteiger partial charge in [-0.2, -0.15) is 18.3 Å². The van der Waals surface area contributed by atoms with Gasteiger partial charge in [-0.05, 0) is 23.6 Å². The molecule has 0 atom stereocenters. The van der Waals surface area contributed by atoms with Crippen LogP contribution in [-0.2, 0) is 13.2 Å². The number of aromatic nitrogens is 3. The van der Waals surface area contributed by atoms with Crippen LogP contribution < -0.4 is 4.74 Å². The highest BCUT2D eigenvalue weighted by atomic mass is 32.1. The van der Waals surface area contributed by atoms with Gasteiger partial charge in [0.25, 0.3) is 5.91 Å². The lowest BCUT2D eigenvalue weighted by Crippen LogP contribution is -2.56. The number of hydrogen-bond acceptors (Lipinski definition) is 5. The summed E-state index contributed by atoms with van der Waals surface area (Å²) in [6, 6.07) is 7.32. The van der Waals surface area contributed by atoms with Crippen molar-refractivity contribution in [3.63, 3.8) is 0 Å². The first-order chi connectivity index (χ1) is 13.3. The van der Waals surface area contributed by atoms with Crippen molar-refractivity contribution in [2.24, 2.45) is 7.05 Å². The number of thiophene rings is 1. The summed E-state index contributed by atoms with van der Waals surface area (Å²) in [6.07, 6.45) is -3.80. The highest BCUT2D eigenvalue weighted by Crippen LogP contribution is 2.31. The van der Waals surface area contributed by atoms with Crippen molar-refractivity contribution in [3.8, 4) is 16.5 Å². The Labute approximate surface area is 162 Å². The summed E-state index contributed by atoms with van der Waals surface area (Å²) in [5, 5.41) is 6.30. The van der Waals surface area contributed by atoms with E-state index >= 15 is 0 Å². The molecule has 28 heavy (non-hydrogen) atoms. The number of alkyl halides is 3. The monoisotopic (exact) mass is 408 g/mol. The van der Waals surface area contributed by atoms with E-state index in [-0.39, 0.29) is 24.9 Å². The van der Waals surface area contributed by atoms with Crippen LogP contribution in [0.3, 0.4) is 0 Å². The van der Waals surface area contributed by atoms with E-state index in [9.17, 15) is 18.0 Å². The van der Waals surface area contributed by atoms with Gasteiger partial charge in [0.05, 0.1) is 23.5 Å². The molecule has 4 rings (SSSR count). The number of ether oxygens (including phenoxy) is 1. The molecule has 6 nitrogen and oxygen atoms in total. The molecule has 0 aliphatic carbocycles. The molecule has 3 aromatic rings. The van der Waals surface area contributed by atoms with Gasteiger partial charge in [-0.15, -0.1) is 11.3 Å². The molecule has 0 spiro atoms. The van der Waals surface area contributed by atoms with Gasteiger partial charge in [0.2, 0.25) is 5.88 Å². The number of rotatable bonds is 4. The molecule has 0 unspecified atom stereocenters. The van der Waals surface area contributed by atoms with Crippen molar-refractivity contribution < 1.29 is 22.7 Å². The minimum absolute atomic E-state index is 0.104. The van der Waals surface area contributed by atoms with Crippen LogP contribution in [0.5, 0.6) is 5.88 Å². The first-order valence-electron chi connectivity index (χ1n) is 8.38. The van der Waals surface area contributed by atoms with Gasteiger partial charge >= 0.3 is 6.18 Å². The third-order valence-corrected chi connectivity index (χ3v) is 5.25. The number of amides is 1. The van der Waals surface area contributed by atoms with Crippen LogP contribution >= 0.6 is 11.3 Å². The van der Waals surface area contributed by atoms with E-state index in [0.717, 1.165) is 28.9 Å². The van der Waals surface area contributed by atoms with Gasteiger partial charge in [0.1, 0.15) is 17.5 Å². The van der Waals surface area contributed by atoms with E-state index in [1.54, 1.807) is 18.0 Å². The van der Waals surface area contributed by atoms with E-state index in [2.05, 4.69) is 10.1 Å². The van der Waals surface area contributed by atoms with Crippen molar-refractivity contribution in [3.05, 3.63) is 53.2 Å². The third kappa shape index (κ3) is 3.59. The zero-order valence-corrected chi connectivity index (χ0v) is 15.5. The van der Waals surface area contributed by atoms with E-state index in [1.165, 1.54) is 16.0 Å².